The molecular formula is C26H26N2O2. The van der Waals surface area contributed by atoms with E-state index in [-0.39, 0.29) is 5.69 Å². The minimum Gasteiger partial charge on any atom is -0.441 e. The van der Waals surface area contributed by atoms with Crippen LogP contribution in [0.5, 0.6) is 0 Å². The number of nitrogens with zero attached hydrogens (tertiary/aromatic N) is 2. The van der Waals surface area contributed by atoms with Gasteiger partial charge in [-0.05, 0) is 57.8 Å². The number of furan rings is 1. The van der Waals surface area contributed by atoms with E-state index >= 15 is 0 Å². The zero-order chi connectivity index (χ0) is 20.8. The van der Waals surface area contributed by atoms with E-state index in [1.807, 2.05) is 57.6 Å². The van der Waals surface area contributed by atoms with Crippen LogP contribution in [-0.4, -0.2) is 9.55 Å². The molecule has 2 heterocycles. The molecule has 0 spiro atoms. The highest BCUT2D eigenvalue weighted by Crippen LogP contribution is 2.36. The molecule has 4 nitrogen and oxygen atoms in total. The second kappa shape index (κ2) is 10.3. The Morgan fingerprint density at radius 2 is 1.63 bits per heavy atom. The predicted octanol–water partition coefficient (Wildman–Crippen LogP) is 4.86. The lowest BCUT2D eigenvalue weighted by Crippen LogP contribution is -2.22. The maximum Gasteiger partial charge on any atom is 0.350 e. The molecule has 2 aliphatic carbocycles. The van der Waals surface area contributed by atoms with Crippen molar-refractivity contribution in [3.8, 4) is 11.8 Å². The van der Waals surface area contributed by atoms with Gasteiger partial charge in [-0.15, -0.1) is 0 Å². The molecule has 0 unspecified atom stereocenters. The van der Waals surface area contributed by atoms with Gasteiger partial charge in [-0.3, -0.25) is 4.57 Å². The number of aryl methyl sites for hydroxylation is 1. The molecule has 0 bridgehead atoms. The average molecular weight is 399 g/mol. The zero-order valence-corrected chi connectivity index (χ0v) is 17.4. The van der Waals surface area contributed by atoms with Crippen LogP contribution < -0.4 is 5.69 Å². The van der Waals surface area contributed by atoms with Crippen LogP contribution in [0.4, 0.5) is 0 Å². The van der Waals surface area contributed by atoms with Crippen molar-refractivity contribution in [2.45, 2.75) is 52.0 Å². The second-order valence-electron chi connectivity index (χ2n) is 7.61. The van der Waals surface area contributed by atoms with Gasteiger partial charge in [-0.2, -0.15) is 4.98 Å². The Hall–Kier alpha value is -2.02. The standard InChI is InChI=1S/C26H26N2O2/c1-2-3-4-5-6-11-18-28-19-23-22(17-16-20-12-7-8-13-20)24(21-14-9-10-15-21)30-25(23)27-26(28)29/h7-10,12-15,19H,2-6,11,18H2,1H3. The molecule has 0 N–H and O–H groups in total. The molecule has 4 heteroatoms. The van der Waals surface area contributed by atoms with Crippen LogP contribution in [0.2, 0.25) is 0 Å². The summed E-state index contributed by atoms with van der Waals surface area (Å²) < 4.78 is 7.69. The molecule has 10 radical (unpaired) electrons. The number of fused-ring (bicyclic) bond motifs is 1. The van der Waals surface area contributed by atoms with E-state index in [2.05, 4.69) is 23.7 Å². The summed E-state index contributed by atoms with van der Waals surface area (Å²) in [6.45, 7) is 2.88. The highest BCUT2D eigenvalue weighted by molar-refractivity contribution is 5.84. The molecule has 30 heavy (non-hydrogen) atoms. The average Bonchev–Trinajstić information content (AvgIpc) is 3.50. The van der Waals surface area contributed by atoms with Crippen molar-refractivity contribution in [3.63, 3.8) is 0 Å². The monoisotopic (exact) mass is 398 g/mol. The minimum atomic E-state index is -0.269. The van der Waals surface area contributed by atoms with E-state index in [9.17, 15) is 4.79 Å². The molecular weight excluding hydrogens is 372 g/mol. The number of unbranched alkanes of at least 4 members (excludes halogenated alkanes) is 5. The summed E-state index contributed by atoms with van der Waals surface area (Å²) in [7, 11) is 0. The minimum absolute atomic E-state index is 0.269. The van der Waals surface area contributed by atoms with Crippen molar-refractivity contribution in [2.24, 2.45) is 0 Å². The fraction of sp³-hybridized carbons (Fsp3) is 0.308. The van der Waals surface area contributed by atoms with Gasteiger partial charge in [0.1, 0.15) is 5.76 Å². The molecule has 2 saturated carbocycles. The van der Waals surface area contributed by atoms with E-state index in [1.165, 1.54) is 25.7 Å². The van der Waals surface area contributed by atoms with Gasteiger partial charge in [-0.1, -0.05) is 50.9 Å². The highest BCUT2D eigenvalue weighted by Gasteiger charge is 2.27. The quantitative estimate of drug-likeness (QED) is 0.471. The molecule has 0 saturated heterocycles. The van der Waals surface area contributed by atoms with Crippen LogP contribution in [0, 0.1) is 75.0 Å². The lowest BCUT2D eigenvalue weighted by molar-refractivity contribution is 0.535. The third kappa shape index (κ3) is 4.99. The largest absolute Gasteiger partial charge is 0.441 e. The molecule has 0 aliphatic heterocycles. The summed E-state index contributed by atoms with van der Waals surface area (Å²) in [5, 5.41) is 0.788. The molecule has 2 aromatic rings. The van der Waals surface area contributed by atoms with Gasteiger partial charge in [0.15, 0.2) is 0 Å². The Morgan fingerprint density at radius 1 is 0.933 bits per heavy atom. The van der Waals surface area contributed by atoms with E-state index in [1.54, 1.807) is 4.57 Å². The lowest BCUT2D eigenvalue weighted by Gasteiger charge is -2.05. The van der Waals surface area contributed by atoms with Crippen molar-refractivity contribution in [2.75, 3.05) is 0 Å². The van der Waals surface area contributed by atoms with Crippen LogP contribution in [0.1, 0.15) is 56.8 Å². The molecule has 0 aromatic carbocycles. The van der Waals surface area contributed by atoms with Crippen LogP contribution >= 0.6 is 0 Å². The van der Waals surface area contributed by atoms with Crippen molar-refractivity contribution in [3.05, 3.63) is 91.2 Å². The van der Waals surface area contributed by atoms with Crippen molar-refractivity contribution < 1.29 is 4.42 Å². The van der Waals surface area contributed by atoms with Gasteiger partial charge in [0.05, 0.1) is 16.9 Å². The fourth-order valence-electron chi connectivity index (χ4n) is 3.66. The number of aromatic nitrogens is 2. The van der Waals surface area contributed by atoms with Crippen molar-refractivity contribution >= 4 is 11.1 Å². The van der Waals surface area contributed by atoms with E-state index < -0.39 is 0 Å². The second-order valence-corrected chi connectivity index (χ2v) is 7.61. The maximum absolute atomic E-state index is 12.5. The van der Waals surface area contributed by atoms with Crippen LogP contribution in [-0.2, 0) is 6.54 Å². The summed E-state index contributed by atoms with van der Waals surface area (Å²) in [5.41, 5.74) is 0.859. The highest BCUT2D eigenvalue weighted by atomic mass is 16.3. The first-order chi connectivity index (χ1) is 14.8. The first-order valence-electron chi connectivity index (χ1n) is 10.8. The lowest BCUT2D eigenvalue weighted by atomic mass is 9.99. The number of hydrogen-bond donors (Lipinski definition) is 0. The predicted molar refractivity (Wildman–Crippen MR) is 119 cm³/mol. The Bertz CT molecular complexity index is 947. The SMILES string of the molecule is CCCCCCCCn1cc2c(C#C[C]3[CH][CH][CH][CH]3)c([C]3[CH][CH][CH][CH]3)oc2nc1=O. The fourth-order valence-corrected chi connectivity index (χ4v) is 3.66. The molecule has 0 amide bonds. The molecule has 2 fully saturated rings. The van der Waals surface area contributed by atoms with Gasteiger partial charge in [0.25, 0.3) is 0 Å². The van der Waals surface area contributed by atoms with E-state index in [4.69, 9.17) is 4.42 Å². The summed E-state index contributed by atoms with van der Waals surface area (Å²) in [6.07, 6.45) is 24.7. The topological polar surface area (TPSA) is 48.0 Å². The maximum atomic E-state index is 12.5. The third-order valence-corrected chi connectivity index (χ3v) is 5.33. The van der Waals surface area contributed by atoms with Gasteiger partial charge in [-0.25, -0.2) is 4.79 Å². The Balaban J connectivity index is 1.59. The summed E-state index contributed by atoms with van der Waals surface area (Å²) in [5.74, 6) is 9.02. The first kappa shape index (κ1) is 21.2. The summed E-state index contributed by atoms with van der Waals surface area (Å²) in [6, 6.07) is 0. The van der Waals surface area contributed by atoms with Crippen molar-refractivity contribution in [1.29, 1.82) is 0 Å². The van der Waals surface area contributed by atoms with Gasteiger partial charge < -0.3 is 4.42 Å². The number of hydrogen-bond acceptors (Lipinski definition) is 3. The molecule has 4 rings (SSSR count). The normalized spacial score (nSPS) is 17.6. The summed E-state index contributed by atoms with van der Waals surface area (Å²) >= 11 is 0. The molecule has 152 valence electrons. The first-order valence-corrected chi connectivity index (χ1v) is 10.8. The Kier molecular flexibility index (Phi) is 7.31. The Labute approximate surface area is 180 Å². The smallest absolute Gasteiger partial charge is 0.350 e. The van der Waals surface area contributed by atoms with Crippen LogP contribution in [0.3, 0.4) is 0 Å². The molecule has 2 aliphatic rings. The van der Waals surface area contributed by atoms with E-state index in [0.717, 1.165) is 35.6 Å². The third-order valence-electron chi connectivity index (χ3n) is 5.33. The van der Waals surface area contributed by atoms with Crippen LogP contribution in [0.25, 0.3) is 11.1 Å². The van der Waals surface area contributed by atoms with Crippen LogP contribution in [0.15, 0.2) is 15.4 Å². The Morgan fingerprint density at radius 3 is 2.40 bits per heavy atom. The summed E-state index contributed by atoms with van der Waals surface area (Å²) in [4.78, 5) is 16.7. The number of rotatable bonds is 8. The van der Waals surface area contributed by atoms with Gasteiger partial charge in [0.2, 0.25) is 5.71 Å². The van der Waals surface area contributed by atoms with Crippen molar-refractivity contribution in [1.82, 2.24) is 9.55 Å². The zero-order valence-electron chi connectivity index (χ0n) is 17.4. The van der Waals surface area contributed by atoms with Gasteiger partial charge >= 0.3 is 5.69 Å². The van der Waals surface area contributed by atoms with Gasteiger partial charge in [0, 0.05) is 18.7 Å². The molecule has 0 atom stereocenters. The molecule has 2 aromatic heterocycles. The van der Waals surface area contributed by atoms with E-state index in [0.29, 0.717) is 18.0 Å².